The van der Waals surface area contributed by atoms with Crippen molar-refractivity contribution in [3.05, 3.63) is 40.0 Å². The van der Waals surface area contributed by atoms with Gasteiger partial charge in [-0.1, -0.05) is 12.1 Å². The van der Waals surface area contributed by atoms with Crippen molar-refractivity contribution in [3.63, 3.8) is 0 Å². The van der Waals surface area contributed by atoms with Crippen molar-refractivity contribution < 1.29 is 4.74 Å². The topological polar surface area (TPSA) is 27.1 Å². The second-order valence-corrected chi connectivity index (χ2v) is 4.78. The third kappa shape index (κ3) is 2.48. The van der Waals surface area contributed by atoms with Gasteiger partial charge in [0.1, 0.15) is 5.75 Å². The van der Waals surface area contributed by atoms with E-state index in [-0.39, 0.29) is 0 Å². The molecule has 1 aromatic heterocycles. The SMILES string of the molecule is Cc1nn(C)c(Oc2ccccc2Br)c1CCl. The van der Waals surface area contributed by atoms with Gasteiger partial charge in [-0.25, -0.2) is 4.68 Å². The highest BCUT2D eigenvalue weighted by molar-refractivity contribution is 9.10. The molecule has 90 valence electrons. The van der Waals surface area contributed by atoms with Crippen LogP contribution in [-0.2, 0) is 12.9 Å². The van der Waals surface area contributed by atoms with E-state index < -0.39 is 0 Å². The van der Waals surface area contributed by atoms with Crippen molar-refractivity contribution in [2.75, 3.05) is 0 Å². The van der Waals surface area contributed by atoms with Crippen molar-refractivity contribution in [1.29, 1.82) is 0 Å². The first kappa shape index (κ1) is 12.5. The molecule has 0 N–H and O–H groups in total. The van der Waals surface area contributed by atoms with Crippen LogP contribution in [-0.4, -0.2) is 9.78 Å². The molecule has 0 aliphatic heterocycles. The Kier molecular flexibility index (Phi) is 3.74. The van der Waals surface area contributed by atoms with Gasteiger partial charge in [0.25, 0.3) is 0 Å². The molecule has 0 saturated carbocycles. The minimum atomic E-state index is 0.388. The molecule has 3 nitrogen and oxygen atoms in total. The number of nitrogens with zero attached hydrogens (tertiary/aromatic N) is 2. The summed E-state index contributed by atoms with van der Waals surface area (Å²) in [5.74, 6) is 1.82. The van der Waals surface area contributed by atoms with Crippen molar-refractivity contribution in [2.45, 2.75) is 12.8 Å². The average molecular weight is 316 g/mol. The summed E-state index contributed by atoms with van der Waals surface area (Å²) in [4.78, 5) is 0. The number of alkyl halides is 1. The fraction of sp³-hybridized carbons (Fsp3) is 0.250. The van der Waals surface area contributed by atoms with Crippen LogP contribution in [0.15, 0.2) is 28.7 Å². The molecule has 0 atom stereocenters. The predicted molar refractivity (Wildman–Crippen MR) is 71.7 cm³/mol. The van der Waals surface area contributed by atoms with Gasteiger partial charge in [0.05, 0.1) is 21.6 Å². The highest BCUT2D eigenvalue weighted by Crippen LogP contribution is 2.32. The number of benzene rings is 1. The summed E-state index contributed by atoms with van der Waals surface area (Å²) in [6.45, 7) is 1.92. The van der Waals surface area contributed by atoms with Crippen LogP contribution in [0.1, 0.15) is 11.3 Å². The summed E-state index contributed by atoms with van der Waals surface area (Å²) in [6.07, 6.45) is 0. The Balaban J connectivity index is 2.40. The Hall–Kier alpha value is -1.000. The molecule has 0 fully saturated rings. The maximum atomic E-state index is 5.91. The van der Waals surface area contributed by atoms with Crippen LogP contribution in [0.4, 0.5) is 0 Å². The Labute approximate surface area is 113 Å². The fourth-order valence-electron chi connectivity index (χ4n) is 1.59. The normalized spacial score (nSPS) is 10.6. The molecular formula is C12H12BrClN2O. The Morgan fingerprint density at radius 2 is 2.12 bits per heavy atom. The first-order valence-corrected chi connectivity index (χ1v) is 6.47. The monoisotopic (exact) mass is 314 g/mol. The minimum Gasteiger partial charge on any atom is -0.438 e. The van der Waals surface area contributed by atoms with Crippen LogP contribution in [0.25, 0.3) is 0 Å². The summed E-state index contributed by atoms with van der Waals surface area (Å²) < 4.78 is 8.46. The van der Waals surface area contributed by atoms with Gasteiger partial charge in [-0.3, -0.25) is 0 Å². The lowest BCUT2D eigenvalue weighted by atomic mass is 10.3. The van der Waals surface area contributed by atoms with Gasteiger partial charge < -0.3 is 4.74 Å². The number of hydrogen-bond acceptors (Lipinski definition) is 2. The van der Waals surface area contributed by atoms with Crippen molar-refractivity contribution in [3.8, 4) is 11.6 Å². The van der Waals surface area contributed by atoms with E-state index in [4.69, 9.17) is 16.3 Å². The van der Waals surface area contributed by atoms with E-state index in [1.165, 1.54) is 0 Å². The molecule has 1 aromatic carbocycles. The molecule has 17 heavy (non-hydrogen) atoms. The van der Waals surface area contributed by atoms with E-state index in [1.54, 1.807) is 4.68 Å². The zero-order chi connectivity index (χ0) is 12.4. The standard InChI is InChI=1S/C12H12BrClN2O/c1-8-9(7-14)12(16(2)15-8)17-11-6-4-3-5-10(11)13/h3-6H,7H2,1-2H3. The lowest BCUT2D eigenvalue weighted by molar-refractivity contribution is 0.425. The molecule has 0 spiro atoms. The summed E-state index contributed by atoms with van der Waals surface area (Å²) in [5, 5.41) is 4.30. The van der Waals surface area contributed by atoms with Gasteiger partial charge in [0, 0.05) is 7.05 Å². The molecule has 2 rings (SSSR count). The van der Waals surface area contributed by atoms with Gasteiger partial charge in [-0.05, 0) is 35.0 Å². The number of halogens is 2. The molecule has 0 radical (unpaired) electrons. The molecule has 5 heteroatoms. The number of aromatic nitrogens is 2. The number of aryl methyl sites for hydroxylation is 2. The molecule has 0 amide bonds. The molecule has 0 unspecified atom stereocenters. The third-order valence-corrected chi connectivity index (χ3v) is 3.39. The van der Waals surface area contributed by atoms with Gasteiger partial charge in [0.15, 0.2) is 0 Å². The fourth-order valence-corrected chi connectivity index (χ4v) is 2.27. The zero-order valence-corrected chi connectivity index (χ0v) is 11.9. The first-order valence-electron chi connectivity index (χ1n) is 5.14. The molecule has 0 saturated heterocycles. The van der Waals surface area contributed by atoms with Crippen LogP contribution in [0.5, 0.6) is 11.6 Å². The second-order valence-electron chi connectivity index (χ2n) is 3.66. The van der Waals surface area contributed by atoms with Crippen LogP contribution in [0.3, 0.4) is 0 Å². The predicted octanol–water partition coefficient (Wildman–Crippen LogP) is 4.02. The quantitative estimate of drug-likeness (QED) is 0.800. The van der Waals surface area contributed by atoms with E-state index >= 15 is 0 Å². The lowest BCUT2D eigenvalue weighted by Crippen LogP contribution is -1.96. The molecule has 0 aliphatic rings. The maximum Gasteiger partial charge on any atom is 0.222 e. The molecule has 2 aromatic rings. The van der Waals surface area contributed by atoms with Crippen molar-refractivity contribution in [1.82, 2.24) is 9.78 Å². The van der Waals surface area contributed by atoms with Gasteiger partial charge in [-0.2, -0.15) is 5.10 Å². The van der Waals surface area contributed by atoms with Crippen molar-refractivity contribution in [2.24, 2.45) is 7.05 Å². The van der Waals surface area contributed by atoms with E-state index in [1.807, 2.05) is 38.2 Å². The van der Waals surface area contributed by atoms with E-state index in [9.17, 15) is 0 Å². The number of ether oxygens (including phenoxy) is 1. The Morgan fingerprint density at radius 1 is 1.41 bits per heavy atom. The van der Waals surface area contributed by atoms with Crippen LogP contribution >= 0.6 is 27.5 Å². The van der Waals surface area contributed by atoms with Gasteiger partial charge in [0.2, 0.25) is 5.88 Å². The lowest BCUT2D eigenvalue weighted by Gasteiger charge is -2.08. The molecule has 0 bridgehead atoms. The summed E-state index contributed by atoms with van der Waals surface area (Å²) in [6, 6.07) is 7.68. The van der Waals surface area contributed by atoms with Crippen LogP contribution < -0.4 is 4.74 Å². The summed E-state index contributed by atoms with van der Waals surface area (Å²) in [5.41, 5.74) is 1.81. The third-order valence-electron chi connectivity index (χ3n) is 2.47. The highest BCUT2D eigenvalue weighted by Gasteiger charge is 2.15. The average Bonchev–Trinajstić information content (AvgIpc) is 2.56. The summed E-state index contributed by atoms with van der Waals surface area (Å²) >= 11 is 9.36. The Bertz CT molecular complexity index is 539. The largest absolute Gasteiger partial charge is 0.438 e. The van der Waals surface area contributed by atoms with E-state index in [2.05, 4.69) is 21.0 Å². The number of hydrogen-bond donors (Lipinski definition) is 0. The van der Waals surface area contributed by atoms with Gasteiger partial charge in [-0.15, -0.1) is 11.6 Å². The molecule has 1 heterocycles. The second kappa shape index (κ2) is 5.10. The minimum absolute atomic E-state index is 0.388. The zero-order valence-electron chi connectivity index (χ0n) is 9.58. The van der Waals surface area contributed by atoms with Crippen LogP contribution in [0, 0.1) is 6.92 Å². The van der Waals surface area contributed by atoms with Gasteiger partial charge >= 0.3 is 0 Å². The first-order chi connectivity index (χ1) is 8.13. The van der Waals surface area contributed by atoms with E-state index in [0.29, 0.717) is 11.8 Å². The Morgan fingerprint density at radius 3 is 2.76 bits per heavy atom. The smallest absolute Gasteiger partial charge is 0.222 e. The summed E-state index contributed by atoms with van der Waals surface area (Å²) in [7, 11) is 1.84. The number of rotatable bonds is 3. The molecule has 0 aliphatic carbocycles. The maximum absolute atomic E-state index is 5.91. The van der Waals surface area contributed by atoms with Crippen molar-refractivity contribution >= 4 is 27.5 Å². The highest BCUT2D eigenvalue weighted by atomic mass is 79.9. The van der Waals surface area contributed by atoms with E-state index in [0.717, 1.165) is 21.5 Å². The van der Waals surface area contributed by atoms with Crippen LogP contribution in [0.2, 0.25) is 0 Å². The number of para-hydroxylation sites is 1. The molecular weight excluding hydrogens is 304 g/mol.